The molecule has 0 heterocycles. The molecule has 0 spiro atoms. The van der Waals surface area contributed by atoms with Gasteiger partial charge in [0.15, 0.2) is 11.6 Å². The van der Waals surface area contributed by atoms with Crippen molar-refractivity contribution in [1.29, 1.82) is 0 Å². The van der Waals surface area contributed by atoms with Gasteiger partial charge < -0.3 is 15.8 Å². The van der Waals surface area contributed by atoms with E-state index in [9.17, 15) is 4.39 Å². The summed E-state index contributed by atoms with van der Waals surface area (Å²) in [7, 11) is 0. The van der Waals surface area contributed by atoms with Crippen LogP contribution in [0.15, 0.2) is 23.8 Å². The zero-order valence-corrected chi connectivity index (χ0v) is 12.9. The molecule has 3 nitrogen and oxygen atoms in total. The van der Waals surface area contributed by atoms with Gasteiger partial charge in [0, 0.05) is 18.7 Å². The number of ether oxygens (including phenoxy) is 1. The van der Waals surface area contributed by atoms with Crippen molar-refractivity contribution in [2.45, 2.75) is 52.1 Å². The summed E-state index contributed by atoms with van der Waals surface area (Å²) >= 11 is 0. The van der Waals surface area contributed by atoms with E-state index >= 15 is 0 Å². The van der Waals surface area contributed by atoms with Gasteiger partial charge in [0.05, 0.1) is 17.5 Å². The van der Waals surface area contributed by atoms with Crippen molar-refractivity contribution >= 4 is 11.4 Å². The second-order valence-electron chi connectivity index (χ2n) is 5.82. The van der Waals surface area contributed by atoms with Gasteiger partial charge in [-0.2, -0.15) is 0 Å². The number of halogens is 1. The summed E-state index contributed by atoms with van der Waals surface area (Å²) in [6.07, 6.45) is 8.27. The Hall–Kier alpha value is -1.71. The Balaban J connectivity index is 1.96. The lowest BCUT2D eigenvalue weighted by molar-refractivity contribution is 0.231. The lowest BCUT2D eigenvalue weighted by Crippen LogP contribution is -2.10. The second-order valence-corrected chi connectivity index (χ2v) is 5.82. The highest BCUT2D eigenvalue weighted by Crippen LogP contribution is 2.29. The molecule has 1 aliphatic carbocycles. The molecule has 0 unspecified atom stereocenters. The Bertz CT molecular complexity index is 512. The number of allylic oxidation sites excluding steroid dienone is 1. The fourth-order valence-corrected chi connectivity index (χ4v) is 2.56. The van der Waals surface area contributed by atoms with Crippen molar-refractivity contribution in [2.24, 2.45) is 0 Å². The van der Waals surface area contributed by atoms with Crippen LogP contribution in [0.4, 0.5) is 15.8 Å². The number of hydrogen-bond donors (Lipinski definition) is 2. The van der Waals surface area contributed by atoms with Gasteiger partial charge in [-0.3, -0.25) is 0 Å². The van der Waals surface area contributed by atoms with Gasteiger partial charge >= 0.3 is 0 Å². The predicted octanol–water partition coefficient (Wildman–Crippen LogP) is 4.50. The Kier molecular flexibility index (Phi) is 5.48. The molecule has 0 saturated carbocycles. The summed E-state index contributed by atoms with van der Waals surface area (Å²) in [5, 5.41) is 3.29. The Morgan fingerprint density at radius 3 is 2.81 bits per heavy atom. The number of anilines is 2. The SMILES string of the molecule is CC(C)Oc1cc(NCCC2=CCCCC2)c(N)cc1F. The highest BCUT2D eigenvalue weighted by atomic mass is 19.1. The van der Waals surface area contributed by atoms with Crippen molar-refractivity contribution in [3.8, 4) is 5.75 Å². The van der Waals surface area contributed by atoms with E-state index in [0.29, 0.717) is 5.69 Å². The van der Waals surface area contributed by atoms with Crippen LogP contribution >= 0.6 is 0 Å². The molecule has 21 heavy (non-hydrogen) atoms. The Morgan fingerprint density at radius 1 is 1.33 bits per heavy atom. The lowest BCUT2D eigenvalue weighted by Gasteiger charge is -2.16. The minimum Gasteiger partial charge on any atom is -0.488 e. The summed E-state index contributed by atoms with van der Waals surface area (Å²) < 4.78 is 19.2. The predicted molar refractivity (Wildman–Crippen MR) is 86.2 cm³/mol. The maximum atomic E-state index is 13.8. The molecule has 0 fully saturated rings. The van der Waals surface area contributed by atoms with E-state index in [1.165, 1.54) is 37.3 Å². The molecule has 0 saturated heterocycles. The fraction of sp³-hybridized carbons (Fsp3) is 0.529. The minimum atomic E-state index is -0.415. The first-order valence-corrected chi connectivity index (χ1v) is 7.73. The average Bonchev–Trinajstić information content (AvgIpc) is 2.44. The van der Waals surface area contributed by atoms with E-state index in [1.54, 1.807) is 6.07 Å². The van der Waals surface area contributed by atoms with Crippen molar-refractivity contribution in [2.75, 3.05) is 17.6 Å². The van der Waals surface area contributed by atoms with Crippen LogP contribution in [-0.2, 0) is 0 Å². The fourth-order valence-electron chi connectivity index (χ4n) is 2.56. The monoisotopic (exact) mass is 292 g/mol. The number of nitrogens with two attached hydrogens (primary N) is 1. The molecule has 3 N–H and O–H groups in total. The van der Waals surface area contributed by atoms with Crippen LogP contribution in [0.2, 0.25) is 0 Å². The molecule has 0 atom stereocenters. The van der Waals surface area contributed by atoms with E-state index in [2.05, 4.69) is 11.4 Å². The van der Waals surface area contributed by atoms with Crippen LogP contribution in [0, 0.1) is 5.82 Å². The van der Waals surface area contributed by atoms with Crippen molar-refractivity contribution in [3.05, 3.63) is 29.6 Å². The standard InChI is InChI=1S/C17H25FN2O/c1-12(2)21-17-11-16(15(19)10-14(17)18)20-9-8-13-6-4-3-5-7-13/h6,10-12,20H,3-5,7-9,19H2,1-2H3. The number of hydrogen-bond acceptors (Lipinski definition) is 3. The van der Waals surface area contributed by atoms with E-state index in [-0.39, 0.29) is 11.9 Å². The molecule has 1 aliphatic rings. The van der Waals surface area contributed by atoms with Gasteiger partial charge in [0.2, 0.25) is 0 Å². The summed E-state index contributed by atoms with van der Waals surface area (Å²) in [4.78, 5) is 0. The normalized spacial score (nSPS) is 15.0. The molecule has 0 amide bonds. The van der Waals surface area contributed by atoms with Gasteiger partial charge in [-0.15, -0.1) is 0 Å². The van der Waals surface area contributed by atoms with Gasteiger partial charge in [-0.1, -0.05) is 11.6 Å². The van der Waals surface area contributed by atoms with E-state index in [4.69, 9.17) is 10.5 Å². The largest absolute Gasteiger partial charge is 0.488 e. The summed E-state index contributed by atoms with van der Waals surface area (Å²) in [5.41, 5.74) is 8.53. The molecule has 116 valence electrons. The highest BCUT2D eigenvalue weighted by molar-refractivity contribution is 5.68. The highest BCUT2D eigenvalue weighted by Gasteiger charge is 2.11. The molecule has 0 bridgehead atoms. The first-order chi connectivity index (χ1) is 10.1. The number of nitrogen functional groups attached to an aromatic ring is 1. The topological polar surface area (TPSA) is 47.3 Å². The van der Waals surface area contributed by atoms with Crippen molar-refractivity contribution < 1.29 is 9.13 Å². The van der Waals surface area contributed by atoms with Gasteiger partial charge in [0.25, 0.3) is 0 Å². The smallest absolute Gasteiger partial charge is 0.167 e. The zero-order chi connectivity index (χ0) is 15.2. The van der Waals surface area contributed by atoms with Crippen molar-refractivity contribution in [3.63, 3.8) is 0 Å². The van der Waals surface area contributed by atoms with Crippen LogP contribution in [0.1, 0.15) is 46.0 Å². The van der Waals surface area contributed by atoms with Gasteiger partial charge in [-0.25, -0.2) is 4.39 Å². The van der Waals surface area contributed by atoms with Crippen LogP contribution in [0.5, 0.6) is 5.75 Å². The molecule has 1 aromatic carbocycles. The van der Waals surface area contributed by atoms with E-state index in [1.807, 2.05) is 13.8 Å². The molecule has 2 rings (SSSR count). The Morgan fingerprint density at radius 2 is 2.14 bits per heavy atom. The van der Waals surface area contributed by atoms with Crippen LogP contribution < -0.4 is 15.8 Å². The maximum absolute atomic E-state index is 13.8. The summed E-state index contributed by atoms with van der Waals surface area (Å²) in [6.45, 7) is 4.56. The molecule has 0 aliphatic heterocycles. The van der Waals surface area contributed by atoms with Crippen LogP contribution in [0.3, 0.4) is 0 Å². The summed E-state index contributed by atoms with van der Waals surface area (Å²) in [5.74, 6) is -0.166. The first kappa shape index (κ1) is 15.7. The lowest BCUT2D eigenvalue weighted by atomic mass is 9.97. The molecule has 4 heteroatoms. The van der Waals surface area contributed by atoms with E-state index < -0.39 is 5.82 Å². The third kappa shape index (κ3) is 4.66. The summed E-state index contributed by atoms with van der Waals surface area (Å²) in [6, 6.07) is 2.97. The average molecular weight is 292 g/mol. The van der Waals surface area contributed by atoms with Crippen molar-refractivity contribution in [1.82, 2.24) is 0 Å². The molecule has 1 aromatic rings. The molecular weight excluding hydrogens is 267 g/mol. The molecular formula is C17H25FN2O. The first-order valence-electron chi connectivity index (χ1n) is 7.73. The number of rotatable bonds is 6. The quantitative estimate of drug-likeness (QED) is 0.599. The molecule has 0 radical (unpaired) electrons. The second kappa shape index (κ2) is 7.34. The van der Waals surface area contributed by atoms with Gasteiger partial charge in [-0.05, 0) is 46.0 Å². The number of nitrogens with one attached hydrogen (secondary N) is 1. The van der Waals surface area contributed by atoms with E-state index in [0.717, 1.165) is 18.7 Å². The van der Waals surface area contributed by atoms with Crippen LogP contribution in [0.25, 0.3) is 0 Å². The zero-order valence-electron chi connectivity index (χ0n) is 12.9. The number of benzene rings is 1. The maximum Gasteiger partial charge on any atom is 0.167 e. The third-order valence-corrected chi connectivity index (χ3v) is 3.61. The third-order valence-electron chi connectivity index (χ3n) is 3.61. The van der Waals surface area contributed by atoms with Crippen LogP contribution in [-0.4, -0.2) is 12.6 Å². The minimum absolute atomic E-state index is 0.0663. The Labute approximate surface area is 126 Å². The van der Waals surface area contributed by atoms with Gasteiger partial charge in [0.1, 0.15) is 0 Å². The molecule has 0 aromatic heterocycles.